The molecule has 1 heterocycles. The zero-order chi connectivity index (χ0) is 12.4. The van der Waals surface area contributed by atoms with Gasteiger partial charge in [-0.15, -0.1) is 0 Å². The number of hydrogen-bond acceptors (Lipinski definition) is 2. The fourth-order valence-corrected chi connectivity index (χ4v) is 2.99. The summed E-state index contributed by atoms with van der Waals surface area (Å²) in [6.07, 6.45) is 3.70. The van der Waals surface area contributed by atoms with Crippen LogP contribution in [0, 0.1) is 0 Å². The predicted octanol–water partition coefficient (Wildman–Crippen LogP) is 3.35. The summed E-state index contributed by atoms with van der Waals surface area (Å²) in [6, 6.07) is 6.60. The second-order valence-corrected chi connectivity index (χ2v) is 5.27. The summed E-state index contributed by atoms with van der Waals surface area (Å²) in [7, 11) is 0. The van der Waals surface area contributed by atoms with E-state index in [-0.39, 0.29) is 0 Å². The topological polar surface area (TPSA) is 29.3 Å². The summed E-state index contributed by atoms with van der Waals surface area (Å²) in [5, 5.41) is 0.650. The molecule has 1 aliphatic heterocycles. The minimum absolute atomic E-state index is 0.356. The molecule has 0 spiro atoms. The van der Waals surface area contributed by atoms with Gasteiger partial charge in [-0.2, -0.15) is 0 Å². The summed E-state index contributed by atoms with van der Waals surface area (Å²) in [5.41, 5.74) is 7.55. The fourth-order valence-electron chi connectivity index (χ4n) is 2.48. The van der Waals surface area contributed by atoms with E-state index in [1.54, 1.807) is 0 Å². The van der Waals surface area contributed by atoms with Crippen LogP contribution in [0.15, 0.2) is 18.2 Å². The smallest absolute Gasteiger partial charge is 0.105 e. The van der Waals surface area contributed by atoms with E-state index in [4.69, 9.17) is 29.6 Å². The van der Waals surface area contributed by atoms with E-state index in [0.717, 1.165) is 12.1 Å². The molecule has 17 heavy (non-hydrogen) atoms. The first kappa shape index (κ1) is 12.7. The lowest BCUT2D eigenvalue weighted by Gasteiger charge is -2.26. The first-order valence-electron chi connectivity index (χ1n) is 5.99. The van der Waals surface area contributed by atoms with E-state index in [2.05, 4.69) is 17.9 Å². The van der Waals surface area contributed by atoms with Gasteiger partial charge in [-0.25, -0.2) is 0 Å². The van der Waals surface area contributed by atoms with E-state index >= 15 is 0 Å². The molecule has 0 aromatic heterocycles. The van der Waals surface area contributed by atoms with Crippen molar-refractivity contribution >= 4 is 34.5 Å². The molecule has 1 fully saturated rings. The largest absolute Gasteiger partial charge is 0.389 e. The van der Waals surface area contributed by atoms with Gasteiger partial charge < -0.3 is 10.6 Å². The third-order valence-electron chi connectivity index (χ3n) is 3.40. The molecule has 2 rings (SSSR count). The van der Waals surface area contributed by atoms with Crippen LogP contribution in [0.5, 0.6) is 0 Å². The van der Waals surface area contributed by atoms with Gasteiger partial charge in [0.2, 0.25) is 0 Å². The highest BCUT2D eigenvalue weighted by molar-refractivity contribution is 7.80. The maximum absolute atomic E-state index is 6.20. The van der Waals surface area contributed by atoms with Gasteiger partial charge in [-0.05, 0) is 37.5 Å². The summed E-state index contributed by atoms with van der Waals surface area (Å²) < 4.78 is 0. The summed E-state index contributed by atoms with van der Waals surface area (Å²) in [5.74, 6) is 0. The van der Waals surface area contributed by atoms with Crippen LogP contribution in [0.3, 0.4) is 0 Å². The van der Waals surface area contributed by atoms with Gasteiger partial charge in [-0.3, -0.25) is 0 Å². The normalized spacial score (nSPS) is 19.6. The highest BCUT2D eigenvalue weighted by Gasteiger charge is 2.23. The lowest BCUT2D eigenvalue weighted by molar-refractivity contribution is 0.645. The Bertz CT molecular complexity index is 433. The Hall–Kier alpha value is -0.800. The maximum atomic E-state index is 6.20. The molecule has 1 aliphatic rings. The maximum Gasteiger partial charge on any atom is 0.105 e. The molecule has 0 saturated carbocycles. The molecule has 4 heteroatoms. The molecule has 0 bridgehead atoms. The average molecular weight is 269 g/mol. The molecule has 2 N–H and O–H groups in total. The monoisotopic (exact) mass is 268 g/mol. The van der Waals surface area contributed by atoms with Gasteiger partial charge in [0.25, 0.3) is 0 Å². The molecule has 1 atom stereocenters. The number of hydrogen-bond donors (Lipinski definition) is 1. The van der Waals surface area contributed by atoms with E-state index in [0.29, 0.717) is 16.1 Å². The molecular formula is C13H17ClN2S. The van der Waals surface area contributed by atoms with Crippen molar-refractivity contribution in [1.82, 2.24) is 0 Å². The number of nitrogens with zero attached hydrogens (tertiary/aromatic N) is 1. The molecule has 0 aliphatic carbocycles. The van der Waals surface area contributed by atoms with Gasteiger partial charge in [-0.1, -0.05) is 30.7 Å². The van der Waals surface area contributed by atoms with Crippen LogP contribution >= 0.6 is 23.8 Å². The third-order valence-corrected chi connectivity index (χ3v) is 3.93. The van der Waals surface area contributed by atoms with Crippen molar-refractivity contribution < 1.29 is 0 Å². The van der Waals surface area contributed by atoms with Gasteiger partial charge in [0.1, 0.15) is 4.99 Å². The van der Waals surface area contributed by atoms with E-state index in [1.165, 1.54) is 24.9 Å². The Kier molecular flexibility index (Phi) is 3.89. The summed E-state index contributed by atoms with van der Waals surface area (Å²) in [6.45, 7) is 3.34. The number of benzene rings is 1. The van der Waals surface area contributed by atoms with Crippen molar-refractivity contribution in [2.24, 2.45) is 5.73 Å². The summed E-state index contributed by atoms with van der Waals surface area (Å²) in [4.78, 5) is 2.78. The van der Waals surface area contributed by atoms with E-state index in [9.17, 15) is 0 Å². The Balaban J connectivity index is 2.28. The number of rotatable bonds is 3. The van der Waals surface area contributed by atoms with Crippen LogP contribution in [0.25, 0.3) is 0 Å². The van der Waals surface area contributed by atoms with Gasteiger partial charge in [0.05, 0.1) is 5.02 Å². The Morgan fingerprint density at radius 2 is 2.35 bits per heavy atom. The molecule has 1 unspecified atom stereocenters. The van der Waals surface area contributed by atoms with Crippen LogP contribution < -0.4 is 10.6 Å². The number of anilines is 1. The van der Waals surface area contributed by atoms with Gasteiger partial charge in [0.15, 0.2) is 0 Å². The molecule has 1 aromatic rings. The first-order chi connectivity index (χ1) is 8.13. The SMILES string of the molecule is CCC1CCCN1c1ccc(C(N)=S)c(Cl)c1. The minimum atomic E-state index is 0.356. The molecule has 1 aromatic carbocycles. The number of thiocarbonyl (C=S) groups is 1. The molecular weight excluding hydrogens is 252 g/mol. The molecule has 0 amide bonds. The van der Waals surface area contributed by atoms with Crippen molar-refractivity contribution in [2.75, 3.05) is 11.4 Å². The Labute approximate surface area is 113 Å². The zero-order valence-electron chi connectivity index (χ0n) is 9.95. The quantitative estimate of drug-likeness (QED) is 0.853. The van der Waals surface area contributed by atoms with Crippen LogP contribution in [0.2, 0.25) is 5.02 Å². The molecule has 0 radical (unpaired) electrons. The van der Waals surface area contributed by atoms with Gasteiger partial charge >= 0.3 is 0 Å². The lowest BCUT2D eigenvalue weighted by atomic mass is 10.1. The molecule has 1 saturated heterocycles. The van der Waals surface area contributed by atoms with Crippen LogP contribution in [0.1, 0.15) is 31.7 Å². The highest BCUT2D eigenvalue weighted by Crippen LogP contribution is 2.30. The first-order valence-corrected chi connectivity index (χ1v) is 6.78. The summed E-state index contributed by atoms with van der Waals surface area (Å²) >= 11 is 11.2. The fraction of sp³-hybridized carbons (Fsp3) is 0.462. The third kappa shape index (κ3) is 2.55. The van der Waals surface area contributed by atoms with Crippen molar-refractivity contribution in [1.29, 1.82) is 0 Å². The van der Waals surface area contributed by atoms with E-state index < -0.39 is 0 Å². The molecule has 2 nitrogen and oxygen atoms in total. The lowest BCUT2D eigenvalue weighted by Crippen LogP contribution is -2.28. The molecule has 92 valence electrons. The van der Waals surface area contributed by atoms with E-state index in [1.807, 2.05) is 12.1 Å². The standard InChI is InChI=1S/C13H17ClN2S/c1-2-9-4-3-7-16(9)10-5-6-11(13(15)17)12(14)8-10/h5-6,8-9H,2-4,7H2,1H3,(H2,15,17). The highest BCUT2D eigenvalue weighted by atomic mass is 35.5. The second-order valence-electron chi connectivity index (χ2n) is 4.43. The number of nitrogens with two attached hydrogens (primary N) is 1. The van der Waals surface area contributed by atoms with Crippen molar-refractivity contribution in [3.05, 3.63) is 28.8 Å². The van der Waals surface area contributed by atoms with Crippen LogP contribution in [-0.4, -0.2) is 17.6 Å². The van der Waals surface area contributed by atoms with Gasteiger partial charge in [0, 0.05) is 23.8 Å². The average Bonchev–Trinajstić information content (AvgIpc) is 2.76. The van der Waals surface area contributed by atoms with Crippen LogP contribution in [0.4, 0.5) is 5.69 Å². The van der Waals surface area contributed by atoms with Crippen molar-refractivity contribution in [3.8, 4) is 0 Å². The minimum Gasteiger partial charge on any atom is -0.389 e. The predicted molar refractivity (Wildman–Crippen MR) is 78.0 cm³/mol. The van der Waals surface area contributed by atoms with Crippen molar-refractivity contribution in [2.45, 2.75) is 32.2 Å². The second kappa shape index (κ2) is 5.23. The Morgan fingerprint density at radius 3 is 2.94 bits per heavy atom. The zero-order valence-corrected chi connectivity index (χ0v) is 11.5. The van der Waals surface area contributed by atoms with Crippen molar-refractivity contribution in [3.63, 3.8) is 0 Å². The van der Waals surface area contributed by atoms with Crippen LogP contribution in [-0.2, 0) is 0 Å². The number of halogens is 1. The Morgan fingerprint density at radius 1 is 1.59 bits per heavy atom.